The highest BCUT2D eigenvalue weighted by Gasteiger charge is 2.35. The zero-order chi connectivity index (χ0) is 17.7. The predicted molar refractivity (Wildman–Crippen MR) is 105 cm³/mol. The van der Waals surface area contributed by atoms with Crippen molar-refractivity contribution in [3.05, 3.63) is 39.3 Å². The third-order valence-electron chi connectivity index (χ3n) is 5.09. The Labute approximate surface area is 162 Å². The third-order valence-corrected chi connectivity index (χ3v) is 6.79. The van der Waals surface area contributed by atoms with Crippen LogP contribution >= 0.6 is 27.3 Å². The van der Waals surface area contributed by atoms with E-state index in [2.05, 4.69) is 41.5 Å². The summed E-state index contributed by atoms with van der Waals surface area (Å²) in [5, 5.41) is 15.0. The van der Waals surface area contributed by atoms with Gasteiger partial charge in [0, 0.05) is 35.9 Å². The molecule has 3 aliphatic heterocycles. The standard InChI is InChI=1S/C17H17BrN6OS/c18-13-8-26-9-14(13)21-16(25)15-4-3-12-6-20-17(22-24(12)15)23-7-10-1-2-11(23)5-19-10/h3-4,6,8-11,19H,1-2,5,7H2,(H,21,25). The molecule has 1 amide bonds. The van der Waals surface area contributed by atoms with Crippen molar-refractivity contribution >= 4 is 50.3 Å². The summed E-state index contributed by atoms with van der Waals surface area (Å²) in [6.45, 7) is 1.89. The van der Waals surface area contributed by atoms with Crippen molar-refractivity contribution in [3.8, 4) is 0 Å². The summed E-state index contributed by atoms with van der Waals surface area (Å²) in [4.78, 5) is 19.5. The summed E-state index contributed by atoms with van der Waals surface area (Å²) in [6.07, 6.45) is 4.15. The molecule has 0 radical (unpaired) electrons. The number of rotatable bonds is 3. The number of amides is 1. The molecule has 0 aliphatic carbocycles. The van der Waals surface area contributed by atoms with Crippen LogP contribution in [0.25, 0.3) is 5.52 Å². The van der Waals surface area contributed by atoms with Gasteiger partial charge < -0.3 is 15.5 Å². The van der Waals surface area contributed by atoms with Gasteiger partial charge in [0.15, 0.2) is 0 Å². The minimum atomic E-state index is -0.185. The molecule has 7 nitrogen and oxygen atoms in total. The van der Waals surface area contributed by atoms with E-state index >= 15 is 0 Å². The minimum Gasteiger partial charge on any atom is -0.334 e. The maximum absolute atomic E-state index is 12.7. The summed E-state index contributed by atoms with van der Waals surface area (Å²) in [7, 11) is 0. The Kier molecular flexibility index (Phi) is 3.95. The van der Waals surface area contributed by atoms with E-state index in [1.807, 2.05) is 16.8 Å². The fraction of sp³-hybridized carbons (Fsp3) is 0.353. The molecule has 3 fully saturated rings. The molecule has 3 aromatic heterocycles. The highest BCUT2D eigenvalue weighted by atomic mass is 79.9. The molecule has 2 N–H and O–H groups in total. The van der Waals surface area contributed by atoms with Crippen molar-refractivity contribution in [1.29, 1.82) is 0 Å². The van der Waals surface area contributed by atoms with Gasteiger partial charge in [-0.2, -0.15) is 0 Å². The van der Waals surface area contributed by atoms with Gasteiger partial charge in [-0.15, -0.1) is 16.4 Å². The van der Waals surface area contributed by atoms with E-state index < -0.39 is 0 Å². The first-order chi connectivity index (χ1) is 12.7. The fourth-order valence-corrected chi connectivity index (χ4v) is 5.03. The molecule has 134 valence electrons. The third kappa shape index (κ3) is 2.70. The lowest BCUT2D eigenvalue weighted by Crippen LogP contribution is -2.61. The van der Waals surface area contributed by atoms with Crippen LogP contribution in [0.4, 0.5) is 11.6 Å². The van der Waals surface area contributed by atoms with Gasteiger partial charge >= 0.3 is 0 Å². The van der Waals surface area contributed by atoms with Gasteiger partial charge in [0.05, 0.1) is 21.9 Å². The fourth-order valence-electron chi connectivity index (χ4n) is 3.71. The van der Waals surface area contributed by atoms with E-state index in [9.17, 15) is 4.79 Å². The lowest BCUT2D eigenvalue weighted by molar-refractivity contribution is 0.102. The number of aromatic nitrogens is 3. The van der Waals surface area contributed by atoms with Gasteiger partial charge in [-0.25, -0.2) is 9.50 Å². The average molecular weight is 433 g/mol. The van der Waals surface area contributed by atoms with E-state index in [1.165, 1.54) is 17.8 Å². The highest BCUT2D eigenvalue weighted by molar-refractivity contribution is 9.10. The Morgan fingerprint density at radius 1 is 1.35 bits per heavy atom. The van der Waals surface area contributed by atoms with Gasteiger partial charge in [0.1, 0.15) is 5.69 Å². The molecule has 0 saturated carbocycles. The van der Waals surface area contributed by atoms with E-state index in [0.29, 0.717) is 23.7 Å². The molecular formula is C17H17BrN6OS. The van der Waals surface area contributed by atoms with Gasteiger partial charge in [-0.1, -0.05) is 0 Å². The molecule has 2 bridgehead atoms. The number of halogens is 1. The number of fused-ring (bicyclic) bond motifs is 4. The highest BCUT2D eigenvalue weighted by Crippen LogP contribution is 2.28. The predicted octanol–water partition coefficient (Wildman–Crippen LogP) is 2.75. The topological polar surface area (TPSA) is 74.6 Å². The van der Waals surface area contributed by atoms with E-state index in [4.69, 9.17) is 0 Å². The second-order valence-electron chi connectivity index (χ2n) is 6.69. The molecular weight excluding hydrogens is 416 g/mol. The van der Waals surface area contributed by atoms with Crippen LogP contribution in [0, 0.1) is 0 Å². The number of hydrogen-bond donors (Lipinski definition) is 2. The second kappa shape index (κ2) is 6.33. The maximum atomic E-state index is 12.7. The SMILES string of the molecule is O=C(Nc1cscc1Br)c1ccc2cnc(N3CC4CCC3CN4)nn12. The van der Waals surface area contributed by atoms with Crippen molar-refractivity contribution in [2.75, 3.05) is 23.3 Å². The number of anilines is 2. The normalized spacial score (nSPS) is 22.1. The van der Waals surface area contributed by atoms with Crippen molar-refractivity contribution in [2.24, 2.45) is 0 Å². The zero-order valence-electron chi connectivity index (χ0n) is 13.9. The second-order valence-corrected chi connectivity index (χ2v) is 8.29. The molecule has 9 heteroatoms. The number of piperidine rings is 2. The van der Waals surface area contributed by atoms with E-state index in [0.717, 1.165) is 35.2 Å². The Bertz CT molecular complexity index is 977. The van der Waals surface area contributed by atoms with Crippen molar-refractivity contribution < 1.29 is 4.79 Å². The molecule has 0 spiro atoms. The smallest absolute Gasteiger partial charge is 0.274 e. The summed E-state index contributed by atoms with van der Waals surface area (Å²) >= 11 is 4.97. The van der Waals surface area contributed by atoms with Crippen LogP contribution in [0.1, 0.15) is 23.3 Å². The first kappa shape index (κ1) is 16.2. The molecule has 6 heterocycles. The average Bonchev–Trinajstić information content (AvgIpc) is 3.28. The summed E-state index contributed by atoms with van der Waals surface area (Å²) < 4.78 is 2.57. The number of hydrogen-bond acceptors (Lipinski definition) is 6. The van der Waals surface area contributed by atoms with Crippen LogP contribution in [-0.4, -0.2) is 45.7 Å². The lowest BCUT2D eigenvalue weighted by atomic mass is 9.93. The van der Waals surface area contributed by atoms with Gasteiger partial charge in [0.25, 0.3) is 5.91 Å². The van der Waals surface area contributed by atoms with Gasteiger partial charge in [-0.3, -0.25) is 4.79 Å². The molecule has 3 aromatic rings. The molecule has 6 rings (SSSR count). The Morgan fingerprint density at radius 3 is 2.96 bits per heavy atom. The number of thiophene rings is 1. The first-order valence-electron chi connectivity index (χ1n) is 8.57. The van der Waals surface area contributed by atoms with Crippen molar-refractivity contribution in [2.45, 2.75) is 24.9 Å². The van der Waals surface area contributed by atoms with Crippen LogP contribution in [0.3, 0.4) is 0 Å². The monoisotopic (exact) mass is 432 g/mol. The molecule has 3 aliphatic rings. The van der Waals surface area contributed by atoms with Gasteiger partial charge in [0.2, 0.25) is 5.95 Å². The number of carbonyl (C=O) groups is 1. The Morgan fingerprint density at radius 2 is 2.27 bits per heavy atom. The van der Waals surface area contributed by atoms with Crippen LogP contribution in [-0.2, 0) is 0 Å². The number of carbonyl (C=O) groups excluding carboxylic acids is 1. The molecule has 26 heavy (non-hydrogen) atoms. The Balaban J connectivity index is 1.47. The summed E-state index contributed by atoms with van der Waals surface area (Å²) in [5.74, 6) is 0.506. The molecule has 2 unspecified atom stereocenters. The molecule has 2 atom stereocenters. The zero-order valence-corrected chi connectivity index (χ0v) is 16.3. The maximum Gasteiger partial charge on any atom is 0.274 e. The van der Waals surface area contributed by atoms with Crippen molar-refractivity contribution in [1.82, 2.24) is 19.9 Å². The van der Waals surface area contributed by atoms with E-state index in [-0.39, 0.29) is 5.91 Å². The van der Waals surface area contributed by atoms with Crippen molar-refractivity contribution in [3.63, 3.8) is 0 Å². The van der Waals surface area contributed by atoms with Crippen LogP contribution in [0.2, 0.25) is 0 Å². The summed E-state index contributed by atoms with van der Waals surface area (Å²) in [6, 6.07) is 4.58. The summed E-state index contributed by atoms with van der Waals surface area (Å²) in [5.41, 5.74) is 2.08. The van der Waals surface area contributed by atoms with Crippen LogP contribution < -0.4 is 15.5 Å². The van der Waals surface area contributed by atoms with Crippen LogP contribution in [0.15, 0.2) is 33.6 Å². The number of nitrogens with one attached hydrogen (secondary N) is 2. The quantitative estimate of drug-likeness (QED) is 0.665. The number of piperazine rings is 1. The minimum absolute atomic E-state index is 0.185. The number of nitrogens with zero attached hydrogens (tertiary/aromatic N) is 4. The Hall–Kier alpha value is -1.97. The molecule has 0 aromatic carbocycles. The molecule has 3 saturated heterocycles. The largest absolute Gasteiger partial charge is 0.334 e. The van der Waals surface area contributed by atoms with E-state index in [1.54, 1.807) is 16.8 Å². The first-order valence-corrected chi connectivity index (χ1v) is 10.3. The van der Waals surface area contributed by atoms with Gasteiger partial charge in [-0.05, 0) is 40.9 Å². The lowest BCUT2D eigenvalue weighted by Gasteiger charge is -2.45. The van der Waals surface area contributed by atoms with Crippen LogP contribution in [0.5, 0.6) is 0 Å².